The lowest BCUT2D eigenvalue weighted by Gasteiger charge is -2.13. The van der Waals surface area contributed by atoms with Gasteiger partial charge in [-0.25, -0.2) is 5.01 Å². The molecule has 0 heterocycles. The number of hydrazine groups is 1. The van der Waals surface area contributed by atoms with Gasteiger partial charge in [-0.3, -0.25) is 5.84 Å². The van der Waals surface area contributed by atoms with E-state index >= 15 is 0 Å². The molecule has 1 unspecified atom stereocenters. The highest BCUT2D eigenvalue weighted by Crippen LogP contribution is 2.04. The van der Waals surface area contributed by atoms with Gasteiger partial charge in [0.2, 0.25) is 0 Å². The molecule has 0 radical (unpaired) electrons. The summed E-state index contributed by atoms with van der Waals surface area (Å²) in [5, 5.41) is 1.82. The third-order valence-corrected chi connectivity index (χ3v) is 2.13. The van der Waals surface area contributed by atoms with E-state index < -0.39 is 0 Å². The molecule has 0 fully saturated rings. The standard InChI is InChI=1S/C8H19N2P/c1-4-10(9)7-8(2)5-6-11-3/h5,11H,4,6-7,9H2,1-3H3/b8-5-. The molecule has 0 saturated carbocycles. The zero-order chi connectivity index (χ0) is 8.69. The Morgan fingerprint density at radius 1 is 1.64 bits per heavy atom. The Bertz CT molecular complexity index is 123. The van der Waals surface area contributed by atoms with Crippen molar-refractivity contribution in [2.24, 2.45) is 5.84 Å². The van der Waals surface area contributed by atoms with Gasteiger partial charge in [-0.15, -0.1) is 8.58 Å². The number of nitrogens with zero attached hydrogens (tertiary/aromatic N) is 1. The van der Waals surface area contributed by atoms with Crippen molar-refractivity contribution >= 4 is 8.58 Å². The zero-order valence-electron chi connectivity index (χ0n) is 7.72. The number of likely N-dealkylation sites (N-methyl/N-ethyl adjacent to an activating group) is 1. The molecule has 0 aliphatic heterocycles. The average molecular weight is 174 g/mol. The fourth-order valence-corrected chi connectivity index (χ4v) is 1.33. The van der Waals surface area contributed by atoms with Gasteiger partial charge in [-0.2, -0.15) is 0 Å². The molecule has 0 aromatic rings. The van der Waals surface area contributed by atoms with Crippen LogP contribution in [0.4, 0.5) is 0 Å². The second-order valence-electron chi connectivity index (χ2n) is 2.67. The highest BCUT2D eigenvalue weighted by molar-refractivity contribution is 7.37. The van der Waals surface area contributed by atoms with Crippen LogP contribution in [0.5, 0.6) is 0 Å². The highest BCUT2D eigenvalue weighted by atomic mass is 31.1. The number of hydrogen-bond donors (Lipinski definition) is 1. The third kappa shape index (κ3) is 6.49. The van der Waals surface area contributed by atoms with Crippen LogP contribution in [0.2, 0.25) is 0 Å². The fourth-order valence-electron chi connectivity index (χ4n) is 0.773. The van der Waals surface area contributed by atoms with Gasteiger partial charge < -0.3 is 0 Å². The zero-order valence-corrected chi connectivity index (χ0v) is 8.72. The summed E-state index contributed by atoms with van der Waals surface area (Å²) in [4.78, 5) is 0. The summed E-state index contributed by atoms with van der Waals surface area (Å²) in [6.45, 7) is 8.23. The molecule has 0 aromatic carbocycles. The first kappa shape index (κ1) is 11.1. The molecule has 0 aliphatic carbocycles. The molecule has 11 heavy (non-hydrogen) atoms. The predicted molar refractivity (Wildman–Crippen MR) is 54.3 cm³/mol. The molecular weight excluding hydrogens is 155 g/mol. The Morgan fingerprint density at radius 2 is 2.27 bits per heavy atom. The number of allylic oxidation sites excluding steroid dienone is 1. The van der Waals surface area contributed by atoms with E-state index in [9.17, 15) is 0 Å². The molecular formula is C8H19N2P. The van der Waals surface area contributed by atoms with Crippen LogP contribution in [-0.4, -0.2) is 30.9 Å². The van der Waals surface area contributed by atoms with Crippen LogP contribution in [0, 0.1) is 0 Å². The van der Waals surface area contributed by atoms with Crippen molar-refractivity contribution in [3.8, 4) is 0 Å². The SMILES string of the molecule is CCN(N)C/C(C)=C\CPC. The minimum absolute atomic E-state index is 0.904. The van der Waals surface area contributed by atoms with Crippen molar-refractivity contribution in [3.63, 3.8) is 0 Å². The average Bonchev–Trinajstić information content (AvgIpc) is 2.00. The van der Waals surface area contributed by atoms with Gasteiger partial charge in [0.15, 0.2) is 0 Å². The Kier molecular flexibility index (Phi) is 6.83. The van der Waals surface area contributed by atoms with Gasteiger partial charge in [0, 0.05) is 13.1 Å². The second-order valence-corrected chi connectivity index (χ2v) is 3.79. The van der Waals surface area contributed by atoms with Crippen LogP contribution in [0.25, 0.3) is 0 Å². The maximum atomic E-state index is 5.64. The van der Waals surface area contributed by atoms with Crippen LogP contribution in [0.1, 0.15) is 13.8 Å². The van der Waals surface area contributed by atoms with Gasteiger partial charge in [0.25, 0.3) is 0 Å². The first-order valence-corrected chi connectivity index (χ1v) is 5.71. The maximum absolute atomic E-state index is 5.64. The fraction of sp³-hybridized carbons (Fsp3) is 0.750. The van der Waals surface area contributed by atoms with E-state index in [-0.39, 0.29) is 0 Å². The van der Waals surface area contributed by atoms with E-state index in [0.717, 1.165) is 21.7 Å². The summed E-state index contributed by atoms with van der Waals surface area (Å²) in [6, 6.07) is 0. The lowest BCUT2D eigenvalue weighted by atomic mass is 10.3. The Morgan fingerprint density at radius 3 is 2.73 bits per heavy atom. The molecule has 0 aliphatic rings. The second kappa shape index (κ2) is 6.78. The Hall–Kier alpha value is 0.0900. The highest BCUT2D eigenvalue weighted by Gasteiger charge is 1.94. The Labute approximate surface area is 71.6 Å². The molecule has 0 spiro atoms. The molecule has 0 rings (SSSR count). The van der Waals surface area contributed by atoms with Crippen molar-refractivity contribution in [1.82, 2.24) is 5.01 Å². The van der Waals surface area contributed by atoms with Crippen molar-refractivity contribution in [1.29, 1.82) is 0 Å². The van der Waals surface area contributed by atoms with E-state index in [2.05, 4.69) is 26.6 Å². The van der Waals surface area contributed by atoms with Crippen molar-refractivity contribution in [2.45, 2.75) is 13.8 Å². The smallest absolute Gasteiger partial charge is 0.0336 e. The first-order chi connectivity index (χ1) is 5.20. The molecule has 2 N–H and O–H groups in total. The molecule has 0 amide bonds. The topological polar surface area (TPSA) is 29.3 Å². The van der Waals surface area contributed by atoms with Crippen molar-refractivity contribution in [2.75, 3.05) is 25.9 Å². The van der Waals surface area contributed by atoms with Crippen molar-refractivity contribution in [3.05, 3.63) is 11.6 Å². The largest absolute Gasteiger partial charge is 0.269 e. The maximum Gasteiger partial charge on any atom is 0.0336 e. The normalized spacial score (nSPS) is 13.7. The van der Waals surface area contributed by atoms with E-state index in [1.165, 1.54) is 11.7 Å². The lowest BCUT2D eigenvalue weighted by molar-refractivity contribution is 0.325. The molecule has 3 heteroatoms. The van der Waals surface area contributed by atoms with Crippen molar-refractivity contribution < 1.29 is 0 Å². The minimum Gasteiger partial charge on any atom is -0.269 e. The van der Waals surface area contributed by atoms with Gasteiger partial charge >= 0.3 is 0 Å². The number of rotatable bonds is 5. The van der Waals surface area contributed by atoms with Crippen LogP contribution in [0.15, 0.2) is 11.6 Å². The monoisotopic (exact) mass is 174 g/mol. The number of nitrogens with two attached hydrogens (primary N) is 1. The molecule has 0 aromatic heterocycles. The van der Waals surface area contributed by atoms with Gasteiger partial charge in [-0.05, 0) is 19.8 Å². The molecule has 1 atom stereocenters. The summed E-state index contributed by atoms with van der Waals surface area (Å²) in [5.74, 6) is 5.64. The summed E-state index contributed by atoms with van der Waals surface area (Å²) in [5.41, 5.74) is 1.38. The van der Waals surface area contributed by atoms with E-state index in [1.807, 2.05) is 5.01 Å². The lowest BCUT2D eigenvalue weighted by Crippen LogP contribution is -2.32. The van der Waals surface area contributed by atoms with E-state index in [1.54, 1.807) is 0 Å². The quantitative estimate of drug-likeness (QED) is 0.296. The van der Waals surface area contributed by atoms with Gasteiger partial charge in [-0.1, -0.05) is 18.6 Å². The first-order valence-electron chi connectivity index (χ1n) is 4.00. The van der Waals surface area contributed by atoms with E-state index in [4.69, 9.17) is 5.84 Å². The predicted octanol–water partition coefficient (Wildman–Crippen LogP) is 1.44. The van der Waals surface area contributed by atoms with Gasteiger partial charge in [0.05, 0.1) is 0 Å². The third-order valence-electron chi connectivity index (χ3n) is 1.51. The summed E-state index contributed by atoms with van der Waals surface area (Å²) in [6.07, 6.45) is 3.47. The van der Waals surface area contributed by atoms with E-state index in [0.29, 0.717) is 0 Å². The van der Waals surface area contributed by atoms with Crippen LogP contribution < -0.4 is 5.84 Å². The summed E-state index contributed by atoms with van der Waals surface area (Å²) in [7, 11) is 1.01. The minimum atomic E-state index is 0.904. The van der Waals surface area contributed by atoms with Gasteiger partial charge in [0.1, 0.15) is 0 Å². The van der Waals surface area contributed by atoms with Crippen LogP contribution in [-0.2, 0) is 0 Å². The van der Waals surface area contributed by atoms with Crippen LogP contribution >= 0.6 is 8.58 Å². The summed E-state index contributed by atoms with van der Waals surface area (Å²) < 4.78 is 0. The molecule has 0 bridgehead atoms. The Balaban J connectivity index is 3.57. The molecule has 2 nitrogen and oxygen atoms in total. The molecule has 0 saturated heterocycles. The molecule has 66 valence electrons. The van der Waals surface area contributed by atoms with Crippen LogP contribution in [0.3, 0.4) is 0 Å². The number of hydrogen-bond acceptors (Lipinski definition) is 2. The summed E-state index contributed by atoms with van der Waals surface area (Å²) >= 11 is 0.